The maximum absolute atomic E-state index is 12.7. The van der Waals surface area contributed by atoms with Crippen molar-refractivity contribution in [2.75, 3.05) is 13.1 Å². The van der Waals surface area contributed by atoms with E-state index in [4.69, 9.17) is 0 Å². The number of benzene rings is 1. The van der Waals surface area contributed by atoms with Crippen LogP contribution in [-0.4, -0.2) is 36.0 Å². The molecule has 1 aromatic heterocycles. The zero-order chi connectivity index (χ0) is 17.4. The molecule has 3 fully saturated rings. The average molecular weight is 373 g/mol. The summed E-state index contributed by atoms with van der Waals surface area (Å²) >= 11 is 3.52. The van der Waals surface area contributed by atoms with Crippen LogP contribution in [0.5, 0.6) is 0 Å². The Morgan fingerprint density at radius 3 is 2.56 bits per heavy atom. The minimum absolute atomic E-state index is 0.0640. The predicted molar refractivity (Wildman–Crippen MR) is 105 cm³/mol. The molecule has 0 radical (unpaired) electrons. The lowest BCUT2D eigenvalue weighted by Gasteiger charge is -2.49. The molecule has 0 spiro atoms. The molecule has 3 nitrogen and oxygen atoms in total. The van der Waals surface area contributed by atoms with E-state index in [0.29, 0.717) is 12.0 Å². The number of hydrogen-bond acceptors (Lipinski definition) is 4. The van der Waals surface area contributed by atoms with E-state index in [2.05, 4.69) is 47.6 Å². The summed E-state index contributed by atoms with van der Waals surface area (Å²) in [7, 11) is 0. The summed E-state index contributed by atoms with van der Waals surface area (Å²) in [4.78, 5) is 16.4. The lowest BCUT2D eigenvalue weighted by Crippen LogP contribution is -2.62. The van der Waals surface area contributed by atoms with E-state index in [1.165, 1.54) is 40.6 Å². The van der Waals surface area contributed by atoms with Gasteiger partial charge in [-0.05, 0) is 87.0 Å². The normalized spacial score (nSPS) is 28.1. The van der Waals surface area contributed by atoms with E-state index in [1.54, 1.807) is 23.1 Å². The van der Waals surface area contributed by atoms with Gasteiger partial charge in [-0.15, -0.1) is 11.3 Å². The SMILES string of the molecule is Cc1csc(Sc2ccc(C(=O)N[C@@H]3C4CCN(CC4)[C@H]3C)cc2)c1. The number of fused-ring (bicyclic) bond motifs is 3. The van der Waals surface area contributed by atoms with Gasteiger partial charge in [-0.2, -0.15) is 0 Å². The van der Waals surface area contributed by atoms with Crippen LogP contribution in [0.3, 0.4) is 0 Å². The van der Waals surface area contributed by atoms with E-state index >= 15 is 0 Å². The van der Waals surface area contributed by atoms with Gasteiger partial charge in [0.05, 0.1) is 4.21 Å². The standard InChI is InChI=1S/C20H24N2OS2/c1-13-11-18(24-12-13)25-17-5-3-16(4-6-17)20(23)21-19-14(2)22-9-7-15(19)8-10-22/h3-6,11-12,14-15,19H,7-10H2,1-2H3,(H,21,23)/t14-,19-/m0/s1. The van der Waals surface area contributed by atoms with Crippen molar-refractivity contribution in [2.45, 2.75) is 47.9 Å². The first-order chi connectivity index (χ1) is 12.1. The van der Waals surface area contributed by atoms with Crippen LogP contribution in [0, 0.1) is 12.8 Å². The Morgan fingerprint density at radius 2 is 1.96 bits per heavy atom. The fourth-order valence-corrected chi connectivity index (χ4v) is 6.03. The van der Waals surface area contributed by atoms with Crippen molar-refractivity contribution in [2.24, 2.45) is 5.92 Å². The molecule has 2 bridgehead atoms. The Balaban J connectivity index is 1.40. The maximum Gasteiger partial charge on any atom is 0.251 e. The summed E-state index contributed by atoms with van der Waals surface area (Å²) in [5.41, 5.74) is 2.06. The third-order valence-corrected chi connectivity index (χ3v) is 7.72. The van der Waals surface area contributed by atoms with Gasteiger partial charge in [-0.1, -0.05) is 11.8 Å². The van der Waals surface area contributed by atoms with E-state index in [-0.39, 0.29) is 11.9 Å². The smallest absolute Gasteiger partial charge is 0.251 e. The molecule has 4 heterocycles. The van der Waals surface area contributed by atoms with Crippen LogP contribution < -0.4 is 5.32 Å². The molecule has 5 heteroatoms. The monoisotopic (exact) mass is 372 g/mol. The number of carbonyl (C=O) groups excluding carboxylic acids is 1. The molecule has 5 rings (SSSR count). The molecule has 3 saturated heterocycles. The molecule has 1 N–H and O–H groups in total. The molecule has 0 unspecified atom stereocenters. The van der Waals surface area contributed by atoms with Gasteiger partial charge in [0.1, 0.15) is 0 Å². The van der Waals surface area contributed by atoms with Crippen LogP contribution >= 0.6 is 23.1 Å². The molecule has 2 atom stereocenters. The van der Waals surface area contributed by atoms with Crippen molar-refractivity contribution in [1.29, 1.82) is 0 Å². The second kappa shape index (κ2) is 7.14. The summed E-state index contributed by atoms with van der Waals surface area (Å²) in [6.45, 7) is 6.74. The molecule has 1 amide bonds. The first kappa shape index (κ1) is 17.1. The Kier molecular flexibility index (Phi) is 4.89. The summed E-state index contributed by atoms with van der Waals surface area (Å²) in [6, 6.07) is 10.9. The number of nitrogens with one attached hydrogen (secondary N) is 1. The largest absolute Gasteiger partial charge is 0.347 e. The Hall–Kier alpha value is -1.30. The van der Waals surface area contributed by atoms with Gasteiger partial charge in [0, 0.05) is 22.5 Å². The van der Waals surface area contributed by atoms with Gasteiger partial charge >= 0.3 is 0 Å². The third-order valence-electron chi connectivity index (χ3n) is 5.52. The van der Waals surface area contributed by atoms with Crippen molar-refractivity contribution in [3.63, 3.8) is 0 Å². The van der Waals surface area contributed by atoms with Gasteiger partial charge in [0.2, 0.25) is 0 Å². The number of thiophene rings is 1. The quantitative estimate of drug-likeness (QED) is 0.862. The zero-order valence-electron chi connectivity index (χ0n) is 14.7. The fraction of sp³-hybridized carbons (Fsp3) is 0.450. The molecule has 0 aliphatic carbocycles. The first-order valence-corrected chi connectivity index (χ1v) is 10.7. The second-order valence-corrected chi connectivity index (χ2v) is 9.47. The number of carbonyl (C=O) groups is 1. The molecule has 0 saturated carbocycles. The van der Waals surface area contributed by atoms with Gasteiger partial charge in [-0.3, -0.25) is 9.69 Å². The van der Waals surface area contributed by atoms with E-state index in [9.17, 15) is 4.79 Å². The van der Waals surface area contributed by atoms with Crippen molar-refractivity contribution < 1.29 is 4.79 Å². The van der Waals surface area contributed by atoms with Crippen molar-refractivity contribution in [3.05, 3.63) is 46.8 Å². The summed E-state index contributed by atoms with van der Waals surface area (Å²) < 4.78 is 1.29. The number of nitrogens with zero attached hydrogens (tertiary/aromatic N) is 1. The highest BCUT2D eigenvalue weighted by Crippen LogP contribution is 2.34. The minimum atomic E-state index is 0.0640. The van der Waals surface area contributed by atoms with Crippen molar-refractivity contribution in [3.8, 4) is 0 Å². The van der Waals surface area contributed by atoms with Crippen LogP contribution in [0.1, 0.15) is 35.7 Å². The van der Waals surface area contributed by atoms with Crippen LogP contribution in [0.2, 0.25) is 0 Å². The predicted octanol–water partition coefficient (Wildman–Crippen LogP) is 4.42. The Bertz CT molecular complexity index is 745. The topological polar surface area (TPSA) is 32.3 Å². The lowest BCUT2D eigenvalue weighted by molar-refractivity contribution is 0.0217. The second-order valence-electron chi connectivity index (χ2n) is 7.18. The number of amides is 1. The van der Waals surface area contributed by atoms with Gasteiger partial charge < -0.3 is 5.32 Å². The number of hydrogen-bond donors (Lipinski definition) is 1. The first-order valence-electron chi connectivity index (χ1n) is 8.98. The number of rotatable bonds is 4. The van der Waals surface area contributed by atoms with Crippen LogP contribution in [0.25, 0.3) is 0 Å². The molecule has 25 heavy (non-hydrogen) atoms. The van der Waals surface area contributed by atoms with Crippen molar-refractivity contribution >= 4 is 29.0 Å². The summed E-state index contributed by atoms with van der Waals surface area (Å²) in [6.07, 6.45) is 2.43. The average Bonchev–Trinajstić information content (AvgIpc) is 3.04. The zero-order valence-corrected chi connectivity index (χ0v) is 16.3. The maximum atomic E-state index is 12.7. The highest BCUT2D eigenvalue weighted by molar-refractivity contribution is 8.01. The van der Waals surface area contributed by atoms with Gasteiger partial charge in [0.25, 0.3) is 5.91 Å². The molecule has 3 aliphatic heterocycles. The minimum Gasteiger partial charge on any atom is -0.347 e. The molecular weight excluding hydrogens is 348 g/mol. The van der Waals surface area contributed by atoms with Crippen LogP contribution in [0.15, 0.2) is 44.8 Å². The van der Waals surface area contributed by atoms with E-state index < -0.39 is 0 Å². The van der Waals surface area contributed by atoms with Crippen LogP contribution in [-0.2, 0) is 0 Å². The number of piperidine rings is 3. The molecule has 3 aliphatic rings. The summed E-state index contributed by atoms with van der Waals surface area (Å²) in [5.74, 6) is 0.704. The van der Waals surface area contributed by atoms with Crippen molar-refractivity contribution in [1.82, 2.24) is 10.2 Å². The molecule has 132 valence electrons. The molecule has 1 aromatic carbocycles. The Labute approximate surface area is 157 Å². The van der Waals surface area contributed by atoms with E-state index in [1.807, 2.05) is 12.1 Å². The fourth-order valence-electron chi connectivity index (χ4n) is 4.03. The van der Waals surface area contributed by atoms with E-state index in [0.717, 1.165) is 5.56 Å². The number of aryl methyl sites for hydroxylation is 1. The summed E-state index contributed by atoms with van der Waals surface area (Å²) in [5, 5.41) is 5.47. The highest BCUT2D eigenvalue weighted by Gasteiger charge is 2.40. The lowest BCUT2D eigenvalue weighted by atomic mass is 9.79. The highest BCUT2D eigenvalue weighted by atomic mass is 32.2. The third kappa shape index (κ3) is 3.64. The molecule has 2 aromatic rings. The van der Waals surface area contributed by atoms with Gasteiger partial charge in [0.15, 0.2) is 0 Å². The molecular formula is C20H24N2OS2. The van der Waals surface area contributed by atoms with Crippen LogP contribution in [0.4, 0.5) is 0 Å². The van der Waals surface area contributed by atoms with Gasteiger partial charge in [-0.25, -0.2) is 0 Å². The Morgan fingerprint density at radius 1 is 1.24 bits per heavy atom.